The monoisotopic (exact) mass is 279 g/mol. The number of rotatable bonds is 8. The van der Waals surface area contributed by atoms with E-state index in [1.807, 2.05) is 13.8 Å². The van der Waals surface area contributed by atoms with E-state index in [9.17, 15) is 14.9 Å². The van der Waals surface area contributed by atoms with Gasteiger partial charge in [0.2, 0.25) is 5.91 Å². The minimum absolute atomic E-state index is 0.00545. The van der Waals surface area contributed by atoms with E-state index in [0.717, 1.165) is 6.42 Å². The number of nitro benzene ring substituents is 1. The molecule has 0 radical (unpaired) electrons. The molecule has 1 aromatic carbocycles. The normalized spacial score (nSPS) is 11.9. The lowest BCUT2D eigenvalue weighted by Gasteiger charge is -2.14. The topological polar surface area (TPSA) is 84.3 Å². The number of para-hydroxylation sites is 1. The quantitative estimate of drug-likeness (QED) is 0.564. The predicted molar refractivity (Wildman–Crippen MR) is 77.4 cm³/mol. The average molecular weight is 279 g/mol. The van der Waals surface area contributed by atoms with Crippen molar-refractivity contribution in [1.29, 1.82) is 0 Å². The molecular weight excluding hydrogens is 258 g/mol. The Hall–Kier alpha value is -1.95. The van der Waals surface area contributed by atoms with Crippen LogP contribution in [-0.4, -0.2) is 23.9 Å². The highest BCUT2D eigenvalue weighted by Gasteiger charge is 2.17. The fourth-order valence-corrected chi connectivity index (χ4v) is 1.88. The third-order valence-electron chi connectivity index (χ3n) is 2.97. The van der Waals surface area contributed by atoms with Gasteiger partial charge in [-0.25, -0.2) is 0 Å². The molecule has 0 heterocycles. The molecule has 110 valence electrons. The highest BCUT2D eigenvalue weighted by atomic mass is 16.6. The van der Waals surface area contributed by atoms with Crippen LogP contribution in [0.1, 0.15) is 38.3 Å². The zero-order valence-electron chi connectivity index (χ0n) is 11.9. The zero-order valence-corrected chi connectivity index (χ0v) is 11.9. The number of carbonyl (C=O) groups excluding carboxylic acids is 1. The van der Waals surface area contributed by atoms with Crippen LogP contribution in [-0.2, 0) is 4.79 Å². The van der Waals surface area contributed by atoms with Gasteiger partial charge in [0.05, 0.1) is 4.92 Å². The Morgan fingerprint density at radius 3 is 2.70 bits per heavy atom. The highest BCUT2D eigenvalue weighted by Crippen LogP contribution is 2.24. The number of hydrogen-bond acceptors (Lipinski definition) is 4. The van der Waals surface area contributed by atoms with Crippen molar-refractivity contribution in [1.82, 2.24) is 10.6 Å². The Bertz CT molecular complexity index is 463. The van der Waals surface area contributed by atoms with Gasteiger partial charge in [-0.1, -0.05) is 25.1 Å². The summed E-state index contributed by atoms with van der Waals surface area (Å²) < 4.78 is 0. The number of nitrogens with one attached hydrogen (secondary N) is 2. The number of nitro groups is 1. The lowest BCUT2D eigenvalue weighted by Crippen LogP contribution is -2.29. The third-order valence-corrected chi connectivity index (χ3v) is 2.97. The molecule has 0 spiro atoms. The maximum Gasteiger partial charge on any atom is 0.274 e. The van der Waals surface area contributed by atoms with E-state index in [2.05, 4.69) is 10.6 Å². The van der Waals surface area contributed by atoms with E-state index in [0.29, 0.717) is 25.1 Å². The number of carbonyl (C=O) groups is 1. The number of hydrogen-bond donors (Lipinski definition) is 2. The molecule has 6 heteroatoms. The van der Waals surface area contributed by atoms with Crippen molar-refractivity contribution < 1.29 is 9.72 Å². The Morgan fingerprint density at radius 1 is 1.35 bits per heavy atom. The molecule has 0 saturated heterocycles. The van der Waals surface area contributed by atoms with Crippen LogP contribution < -0.4 is 10.6 Å². The SMILES string of the molecule is CCCNC(=O)CCNC(C)c1ccccc1[N+](=O)[O-]. The van der Waals surface area contributed by atoms with E-state index in [4.69, 9.17) is 0 Å². The van der Waals surface area contributed by atoms with Crippen molar-refractivity contribution in [2.75, 3.05) is 13.1 Å². The molecule has 1 rings (SSSR count). The summed E-state index contributed by atoms with van der Waals surface area (Å²) in [5.41, 5.74) is 0.731. The number of amides is 1. The summed E-state index contributed by atoms with van der Waals surface area (Å²) in [6.45, 7) is 5.02. The van der Waals surface area contributed by atoms with Crippen LogP contribution in [0.15, 0.2) is 24.3 Å². The van der Waals surface area contributed by atoms with Crippen molar-refractivity contribution in [3.8, 4) is 0 Å². The first-order valence-electron chi connectivity index (χ1n) is 6.79. The largest absolute Gasteiger partial charge is 0.356 e. The van der Waals surface area contributed by atoms with Crippen molar-refractivity contribution in [2.45, 2.75) is 32.7 Å². The zero-order chi connectivity index (χ0) is 15.0. The summed E-state index contributed by atoms with van der Waals surface area (Å²) in [6.07, 6.45) is 1.27. The van der Waals surface area contributed by atoms with Gasteiger partial charge in [0.25, 0.3) is 5.69 Å². The standard InChI is InChI=1S/C14H21N3O3/c1-3-9-16-14(18)8-10-15-11(2)12-6-4-5-7-13(12)17(19)20/h4-7,11,15H,3,8-10H2,1-2H3,(H,16,18). The van der Waals surface area contributed by atoms with E-state index in [1.54, 1.807) is 18.2 Å². The van der Waals surface area contributed by atoms with E-state index in [1.165, 1.54) is 6.07 Å². The van der Waals surface area contributed by atoms with Crippen LogP contribution >= 0.6 is 0 Å². The van der Waals surface area contributed by atoms with Gasteiger partial charge in [-0.3, -0.25) is 14.9 Å². The summed E-state index contributed by atoms with van der Waals surface area (Å²) in [5.74, 6) is -0.00545. The molecular formula is C14H21N3O3. The fourth-order valence-electron chi connectivity index (χ4n) is 1.88. The molecule has 0 fully saturated rings. The van der Waals surface area contributed by atoms with Crippen LogP contribution in [0, 0.1) is 10.1 Å². The molecule has 0 aliphatic carbocycles. The number of nitrogens with zero attached hydrogens (tertiary/aromatic N) is 1. The summed E-state index contributed by atoms with van der Waals surface area (Å²) >= 11 is 0. The van der Waals surface area contributed by atoms with Gasteiger partial charge < -0.3 is 10.6 Å². The average Bonchev–Trinajstić information content (AvgIpc) is 2.44. The van der Waals surface area contributed by atoms with Gasteiger partial charge in [0.15, 0.2) is 0 Å². The Kier molecular flexibility index (Phi) is 6.66. The molecule has 0 bridgehead atoms. The molecule has 20 heavy (non-hydrogen) atoms. The maximum absolute atomic E-state index is 11.4. The summed E-state index contributed by atoms with van der Waals surface area (Å²) in [4.78, 5) is 22.0. The fraction of sp³-hybridized carbons (Fsp3) is 0.500. The lowest BCUT2D eigenvalue weighted by atomic mass is 10.1. The molecule has 1 unspecified atom stereocenters. The molecule has 1 aromatic rings. The summed E-state index contributed by atoms with van der Waals surface area (Å²) in [6, 6.07) is 6.46. The van der Waals surface area contributed by atoms with Crippen LogP contribution in [0.25, 0.3) is 0 Å². The predicted octanol–water partition coefficient (Wildman–Crippen LogP) is 2.16. The first-order chi connectivity index (χ1) is 9.56. The Morgan fingerprint density at radius 2 is 2.05 bits per heavy atom. The van der Waals surface area contributed by atoms with E-state index >= 15 is 0 Å². The molecule has 6 nitrogen and oxygen atoms in total. The highest BCUT2D eigenvalue weighted by molar-refractivity contribution is 5.76. The van der Waals surface area contributed by atoms with Gasteiger partial charge >= 0.3 is 0 Å². The van der Waals surface area contributed by atoms with Crippen LogP contribution in [0.5, 0.6) is 0 Å². The summed E-state index contributed by atoms with van der Waals surface area (Å²) in [7, 11) is 0. The Balaban J connectivity index is 2.49. The smallest absolute Gasteiger partial charge is 0.274 e. The van der Waals surface area contributed by atoms with Gasteiger partial charge in [-0.2, -0.15) is 0 Å². The summed E-state index contributed by atoms with van der Waals surface area (Å²) in [5, 5.41) is 16.9. The maximum atomic E-state index is 11.4. The van der Waals surface area contributed by atoms with Crippen molar-refractivity contribution in [2.24, 2.45) is 0 Å². The van der Waals surface area contributed by atoms with E-state index < -0.39 is 0 Å². The van der Waals surface area contributed by atoms with Crippen molar-refractivity contribution in [3.05, 3.63) is 39.9 Å². The van der Waals surface area contributed by atoms with Crippen LogP contribution in [0.2, 0.25) is 0 Å². The molecule has 1 atom stereocenters. The minimum atomic E-state index is -0.387. The molecule has 0 saturated carbocycles. The molecule has 2 N–H and O–H groups in total. The number of benzene rings is 1. The third kappa shape index (κ3) is 4.97. The second-order valence-corrected chi connectivity index (χ2v) is 4.59. The van der Waals surface area contributed by atoms with Gasteiger partial charge in [-0.05, 0) is 13.3 Å². The Labute approximate surface area is 118 Å². The minimum Gasteiger partial charge on any atom is -0.356 e. The molecule has 0 aromatic heterocycles. The second-order valence-electron chi connectivity index (χ2n) is 4.59. The van der Waals surface area contributed by atoms with Gasteiger partial charge in [0, 0.05) is 37.2 Å². The lowest BCUT2D eigenvalue weighted by molar-refractivity contribution is -0.385. The molecule has 0 aliphatic heterocycles. The first-order valence-corrected chi connectivity index (χ1v) is 6.79. The molecule has 0 aliphatic rings. The first kappa shape index (κ1) is 16.1. The van der Waals surface area contributed by atoms with Crippen LogP contribution in [0.4, 0.5) is 5.69 Å². The molecule has 1 amide bonds. The van der Waals surface area contributed by atoms with Gasteiger partial charge in [-0.15, -0.1) is 0 Å². The second kappa shape index (κ2) is 8.27. The van der Waals surface area contributed by atoms with Crippen molar-refractivity contribution >= 4 is 11.6 Å². The van der Waals surface area contributed by atoms with Crippen molar-refractivity contribution in [3.63, 3.8) is 0 Å². The van der Waals surface area contributed by atoms with Gasteiger partial charge in [0.1, 0.15) is 0 Å². The van der Waals surface area contributed by atoms with Crippen LogP contribution in [0.3, 0.4) is 0 Å². The van der Waals surface area contributed by atoms with E-state index in [-0.39, 0.29) is 22.6 Å².